The van der Waals surface area contributed by atoms with Crippen molar-refractivity contribution in [2.45, 2.75) is 50.2 Å². The van der Waals surface area contributed by atoms with Crippen LogP contribution in [0.1, 0.15) is 54.4 Å². The van der Waals surface area contributed by atoms with Crippen molar-refractivity contribution < 1.29 is 32.3 Å². The van der Waals surface area contributed by atoms with Gasteiger partial charge >= 0.3 is 12.2 Å². The van der Waals surface area contributed by atoms with E-state index in [1.165, 1.54) is 15.8 Å². The van der Waals surface area contributed by atoms with E-state index in [2.05, 4.69) is 31.8 Å². The van der Waals surface area contributed by atoms with Crippen LogP contribution in [0.25, 0.3) is 10.9 Å². The number of fused-ring (bicyclic) bond motifs is 1. The molecule has 8 rings (SSSR count). The number of anilines is 3. The predicted octanol–water partition coefficient (Wildman–Crippen LogP) is 5.15. The molecule has 2 N–H and O–H groups in total. The molecule has 2 aromatic carbocycles. The number of hydrogen-bond donors (Lipinski definition) is 2. The predicted molar refractivity (Wildman–Crippen MR) is 185 cm³/mol. The number of halogens is 4. The molecule has 0 unspecified atom stereocenters. The van der Waals surface area contributed by atoms with Crippen LogP contribution in [0.15, 0.2) is 48.8 Å². The van der Waals surface area contributed by atoms with E-state index in [-0.39, 0.29) is 40.9 Å². The molecule has 52 heavy (non-hydrogen) atoms. The highest BCUT2D eigenvalue weighted by Gasteiger charge is 2.48. The second-order valence-electron chi connectivity index (χ2n) is 14.3. The molecule has 1 saturated carbocycles. The average Bonchev–Trinajstić information content (AvgIpc) is 3.68. The summed E-state index contributed by atoms with van der Waals surface area (Å²) in [6.07, 6.45) is 2.06. The van der Waals surface area contributed by atoms with Gasteiger partial charge in [0.25, 0.3) is 11.8 Å². The number of aromatic nitrogens is 4. The molecule has 1 aliphatic carbocycles. The normalized spacial score (nSPS) is 19.8. The number of rotatable bonds is 6. The molecule has 0 bridgehead atoms. The maximum Gasteiger partial charge on any atom is 0.416 e. The number of hydrogen-bond acceptors (Lipinski definition) is 7. The first-order valence-electron chi connectivity index (χ1n) is 17.1. The number of alkyl halides is 3. The molecule has 0 radical (unpaired) electrons. The van der Waals surface area contributed by atoms with Crippen LogP contribution in [0, 0.1) is 5.41 Å². The number of carbonyl (C=O) groups excluding carboxylic acids is 4. The Bertz CT molecular complexity index is 2130. The summed E-state index contributed by atoms with van der Waals surface area (Å²) in [5.41, 5.74) is 0.465. The van der Waals surface area contributed by atoms with Gasteiger partial charge in [0.1, 0.15) is 5.54 Å². The van der Waals surface area contributed by atoms with Crippen LogP contribution in [-0.2, 0) is 28.4 Å². The first-order chi connectivity index (χ1) is 24.7. The third kappa shape index (κ3) is 5.72. The van der Waals surface area contributed by atoms with Crippen LogP contribution in [0.4, 0.5) is 35.2 Å². The van der Waals surface area contributed by atoms with Gasteiger partial charge in [0.05, 0.1) is 33.6 Å². The number of carbonyl (C=O) groups is 4. The van der Waals surface area contributed by atoms with Crippen molar-refractivity contribution in [2.75, 3.05) is 47.8 Å². The summed E-state index contributed by atoms with van der Waals surface area (Å²) in [6.45, 7) is 3.14. The molecular weight excluding hydrogens is 703 g/mol. The van der Waals surface area contributed by atoms with Crippen molar-refractivity contribution in [3.8, 4) is 0 Å². The van der Waals surface area contributed by atoms with Crippen LogP contribution >= 0.6 is 11.6 Å². The highest BCUT2D eigenvalue weighted by Crippen LogP contribution is 2.45. The quantitative estimate of drug-likeness (QED) is 0.279. The lowest BCUT2D eigenvalue weighted by Gasteiger charge is -2.55. The molecule has 5 amide bonds. The van der Waals surface area contributed by atoms with Crippen molar-refractivity contribution in [1.82, 2.24) is 29.8 Å². The highest BCUT2D eigenvalue weighted by atomic mass is 35.5. The van der Waals surface area contributed by atoms with Crippen molar-refractivity contribution >= 4 is 63.4 Å². The molecule has 272 valence electrons. The van der Waals surface area contributed by atoms with E-state index in [0.717, 1.165) is 67.1 Å². The maximum absolute atomic E-state index is 13.6. The number of urea groups is 1. The van der Waals surface area contributed by atoms with Crippen LogP contribution in [0.2, 0.25) is 5.02 Å². The van der Waals surface area contributed by atoms with Gasteiger partial charge in [0, 0.05) is 68.9 Å². The summed E-state index contributed by atoms with van der Waals surface area (Å²) in [5.74, 6) is -0.393. The minimum Gasteiger partial charge on any atom is -0.370 e. The molecule has 3 saturated heterocycles. The average molecular weight is 738 g/mol. The Labute approximate surface area is 300 Å². The summed E-state index contributed by atoms with van der Waals surface area (Å²) in [7, 11) is 1.83. The Morgan fingerprint density at radius 3 is 2.40 bits per heavy atom. The van der Waals surface area contributed by atoms with E-state index in [1.54, 1.807) is 10.9 Å². The number of piperidine rings is 1. The summed E-state index contributed by atoms with van der Waals surface area (Å²) in [6, 6.07) is 8.36. The van der Waals surface area contributed by atoms with Crippen LogP contribution < -0.4 is 20.4 Å². The number of nitrogens with zero attached hydrogens (tertiary/aromatic N) is 7. The molecule has 2 aromatic heterocycles. The fraction of sp³-hybridized carbons (Fsp3) is 0.429. The summed E-state index contributed by atoms with van der Waals surface area (Å²) < 4.78 is 42.5. The minimum absolute atomic E-state index is 0.0702. The van der Waals surface area contributed by atoms with Crippen LogP contribution in [0.5, 0.6) is 0 Å². The molecule has 3 aliphatic heterocycles. The van der Waals surface area contributed by atoms with Gasteiger partial charge in [-0.2, -0.15) is 23.4 Å². The number of benzene rings is 2. The SMILES string of the molecule is Cn1nc(N2CCC(=O)NC2=O)c2ccc(N3CC4(CCN(C(=O)c5cnn(C6(C(=O)Nc7ccc(C(F)(F)F)cc7Cl)CCC6)c5)CC4)C3)cc21. The van der Waals surface area contributed by atoms with E-state index < -0.39 is 29.2 Å². The Morgan fingerprint density at radius 1 is 1.00 bits per heavy atom. The van der Waals surface area contributed by atoms with E-state index >= 15 is 0 Å². The fourth-order valence-corrected chi connectivity index (χ4v) is 8.02. The fourth-order valence-electron chi connectivity index (χ4n) is 7.79. The molecule has 5 heterocycles. The largest absolute Gasteiger partial charge is 0.416 e. The molecule has 1 spiro atoms. The van der Waals surface area contributed by atoms with Gasteiger partial charge in [-0.3, -0.25) is 34.0 Å². The third-order valence-corrected chi connectivity index (χ3v) is 11.4. The van der Waals surface area contributed by atoms with Crippen molar-refractivity contribution in [3.05, 3.63) is 64.9 Å². The smallest absolute Gasteiger partial charge is 0.370 e. The molecular formula is C35H35ClF3N9O4. The molecule has 13 nitrogen and oxygen atoms in total. The first-order valence-corrected chi connectivity index (χ1v) is 17.5. The zero-order chi connectivity index (χ0) is 36.6. The second-order valence-corrected chi connectivity index (χ2v) is 14.7. The Kier molecular flexibility index (Phi) is 8.00. The maximum atomic E-state index is 13.6. The lowest BCUT2D eigenvalue weighted by molar-refractivity contribution is -0.137. The van der Waals surface area contributed by atoms with Gasteiger partial charge < -0.3 is 15.1 Å². The third-order valence-electron chi connectivity index (χ3n) is 11.1. The van der Waals surface area contributed by atoms with Gasteiger partial charge in [-0.1, -0.05) is 11.6 Å². The van der Waals surface area contributed by atoms with E-state index in [9.17, 15) is 32.3 Å². The topological polar surface area (TPSA) is 138 Å². The summed E-state index contributed by atoms with van der Waals surface area (Å²) >= 11 is 6.09. The lowest BCUT2D eigenvalue weighted by atomic mass is 9.71. The molecule has 4 aliphatic rings. The molecule has 4 aromatic rings. The van der Waals surface area contributed by atoms with Crippen LogP contribution in [-0.4, -0.2) is 80.9 Å². The Balaban J connectivity index is 0.885. The van der Waals surface area contributed by atoms with Crippen molar-refractivity contribution in [2.24, 2.45) is 12.5 Å². The molecule has 17 heteroatoms. The zero-order valence-electron chi connectivity index (χ0n) is 28.2. The van der Waals surface area contributed by atoms with Gasteiger partial charge in [0.15, 0.2) is 5.82 Å². The Hall–Kier alpha value is -5.12. The summed E-state index contributed by atoms with van der Waals surface area (Å²) in [4.78, 5) is 56.7. The number of likely N-dealkylation sites (tertiary alicyclic amines) is 1. The highest BCUT2D eigenvalue weighted by molar-refractivity contribution is 6.33. The second kappa shape index (κ2) is 12.2. The van der Waals surface area contributed by atoms with Crippen molar-refractivity contribution in [1.29, 1.82) is 0 Å². The number of imide groups is 1. The number of nitrogens with one attached hydrogen (secondary N) is 2. The monoisotopic (exact) mass is 737 g/mol. The van der Waals surface area contributed by atoms with E-state index in [1.807, 2.05) is 24.1 Å². The Morgan fingerprint density at radius 2 is 1.75 bits per heavy atom. The van der Waals surface area contributed by atoms with E-state index in [4.69, 9.17) is 11.6 Å². The van der Waals surface area contributed by atoms with Gasteiger partial charge in [0.2, 0.25) is 5.91 Å². The first kappa shape index (κ1) is 34.0. The van der Waals surface area contributed by atoms with Gasteiger partial charge in [-0.25, -0.2) is 4.79 Å². The number of aryl methyl sites for hydroxylation is 1. The summed E-state index contributed by atoms with van der Waals surface area (Å²) in [5, 5.41) is 14.6. The van der Waals surface area contributed by atoms with Crippen molar-refractivity contribution in [3.63, 3.8) is 0 Å². The molecule has 0 atom stereocenters. The van der Waals surface area contributed by atoms with Gasteiger partial charge in [-0.15, -0.1) is 0 Å². The van der Waals surface area contributed by atoms with E-state index in [0.29, 0.717) is 37.3 Å². The number of amides is 5. The standard InChI is InChI=1S/C35H35ClF3N9O4/c1-44-27-16-23(4-5-24(27)29(43-44)47-12-7-28(49)42-32(47)52)46-19-33(20-46)10-13-45(14-11-33)30(50)21-17-40-48(18-21)34(8-2-9-34)31(51)41-26-6-3-22(15-25(26)36)35(37,38)39/h3-6,15-18H,2,7-14,19-20H2,1H3,(H,41,51)(H,42,49,52). The minimum atomic E-state index is -4.56. The van der Waals surface area contributed by atoms with Gasteiger partial charge in [-0.05, 0) is 68.5 Å². The molecule has 4 fully saturated rings. The zero-order valence-corrected chi connectivity index (χ0v) is 28.9. The van der Waals surface area contributed by atoms with Crippen LogP contribution in [0.3, 0.4) is 0 Å². The lowest BCUT2D eigenvalue weighted by Crippen LogP contribution is -2.61.